The lowest BCUT2D eigenvalue weighted by Gasteiger charge is -1.90. The summed E-state index contributed by atoms with van der Waals surface area (Å²) in [6.45, 7) is 4.43. The molecule has 2 atom stereocenters. The fourth-order valence-corrected chi connectivity index (χ4v) is 1.88. The molecule has 0 unspecified atom stereocenters. The Morgan fingerprint density at radius 2 is 1.75 bits per heavy atom. The van der Waals surface area contributed by atoms with Crippen LogP contribution in [-0.2, 0) is 4.74 Å². The van der Waals surface area contributed by atoms with Gasteiger partial charge in [0.05, 0.1) is 12.2 Å². The molecule has 92 valence electrons. The predicted octanol–water partition coefficient (Wildman–Crippen LogP) is 4.64. The van der Waals surface area contributed by atoms with E-state index >= 15 is 0 Å². The molecule has 0 saturated carbocycles. The van der Waals surface area contributed by atoms with Gasteiger partial charge >= 0.3 is 0 Å². The number of hydrogen-bond donors (Lipinski definition) is 0. The van der Waals surface area contributed by atoms with Gasteiger partial charge in [-0.3, -0.25) is 0 Å². The molecule has 1 aliphatic heterocycles. The molecule has 0 bridgehead atoms. The van der Waals surface area contributed by atoms with E-state index < -0.39 is 0 Å². The van der Waals surface area contributed by atoms with Crippen molar-refractivity contribution in [3.05, 3.63) is 24.3 Å². The van der Waals surface area contributed by atoms with Crippen molar-refractivity contribution in [1.82, 2.24) is 0 Å². The van der Waals surface area contributed by atoms with Gasteiger partial charge in [0.2, 0.25) is 0 Å². The molecular formula is C15H26O. The molecule has 0 aromatic rings. The molecule has 1 fully saturated rings. The summed E-state index contributed by atoms with van der Waals surface area (Å²) in [5.74, 6) is 0. The molecular weight excluding hydrogens is 196 g/mol. The van der Waals surface area contributed by atoms with E-state index in [2.05, 4.69) is 38.2 Å². The number of hydrogen-bond acceptors (Lipinski definition) is 1. The van der Waals surface area contributed by atoms with Crippen molar-refractivity contribution in [3.8, 4) is 0 Å². The van der Waals surface area contributed by atoms with Crippen LogP contribution in [0.3, 0.4) is 0 Å². The van der Waals surface area contributed by atoms with Crippen LogP contribution in [0, 0.1) is 0 Å². The van der Waals surface area contributed by atoms with Crippen molar-refractivity contribution < 1.29 is 4.74 Å². The minimum absolute atomic E-state index is 0.523. The molecule has 0 aromatic carbocycles. The second kappa shape index (κ2) is 8.58. The van der Waals surface area contributed by atoms with Crippen molar-refractivity contribution in [3.63, 3.8) is 0 Å². The summed E-state index contributed by atoms with van der Waals surface area (Å²) in [5.41, 5.74) is 0. The Bertz CT molecular complexity index is 217. The Kier molecular flexibility index (Phi) is 7.24. The summed E-state index contributed by atoms with van der Waals surface area (Å²) in [6, 6.07) is 0. The van der Waals surface area contributed by atoms with E-state index in [4.69, 9.17) is 4.74 Å². The maximum atomic E-state index is 5.47. The van der Waals surface area contributed by atoms with E-state index in [-0.39, 0.29) is 0 Å². The van der Waals surface area contributed by atoms with Gasteiger partial charge in [-0.05, 0) is 32.1 Å². The van der Waals surface area contributed by atoms with E-state index in [1.54, 1.807) is 0 Å². The Morgan fingerprint density at radius 3 is 2.44 bits per heavy atom. The normalized spacial score (nSPS) is 24.6. The largest absolute Gasteiger partial charge is 0.369 e. The second-order valence-corrected chi connectivity index (χ2v) is 4.53. The van der Waals surface area contributed by atoms with Gasteiger partial charge in [0.25, 0.3) is 0 Å². The van der Waals surface area contributed by atoms with Gasteiger partial charge < -0.3 is 4.74 Å². The minimum atomic E-state index is 0.523. The fourth-order valence-electron chi connectivity index (χ4n) is 1.88. The third kappa shape index (κ3) is 6.12. The quantitative estimate of drug-likeness (QED) is 0.314. The second-order valence-electron chi connectivity index (χ2n) is 4.53. The van der Waals surface area contributed by atoms with Gasteiger partial charge in [0, 0.05) is 0 Å². The van der Waals surface area contributed by atoms with Gasteiger partial charge in [-0.1, -0.05) is 51.0 Å². The maximum absolute atomic E-state index is 5.47. The van der Waals surface area contributed by atoms with E-state index in [1.807, 2.05) is 0 Å². The first-order valence-electron chi connectivity index (χ1n) is 6.84. The van der Waals surface area contributed by atoms with Crippen LogP contribution in [0.1, 0.15) is 58.8 Å². The number of unbranched alkanes of at least 4 members (excludes halogenated alkanes) is 3. The van der Waals surface area contributed by atoms with Gasteiger partial charge in [-0.25, -0.2) is 0 Å². The lowest BCUT2D eigenvalue weighted by atomic mass is 10.2. The number of epoxide rings is 1. The highest BCUT2D eigenvalue weighted by Crippen LogP contribution is 2.28. The van der Waals surface area contributed by atoms with Crippen LogP contribution in [0.4, 0.5) is 0 Å². The summed E-state index contributed by atoms with van der Waals surface area (Å²) in [5, 5.41) is 0. The van der Waals surface area contributed by atoms with Gasteiger partial charge in [-0.2, -0.15) is 0 Å². The minimum Gasteiger partial charge on any atom is -0.369 e. The molecule has 0 spiro atoms. The van der Waals surface area contributed by atoms with E-state index in [0.29, 0.717) is 12.2 Å². The molecule has 1 saturated heterocycles. The first-order chi connectivity index (χ1) is 7.88. The van der Waals surface area contributed by atoms with Gasteiger partial charge in [-0.15, -0.1) is 0 Å². The van der Waals surface area contributed by atoms with Crippen LogP contribution >= 0.6 is 0 Å². The SMILES string of the molecule is CCCCC/C=C\C/C=C\C[C@H]1O[C@H]1CC. The highest BCUT2D eigenvalue weighted by Gasteiger charge is 2.35. The van der Waals surface area contributed by atoms with Crippen LogP contribution in [0.15, 0.2) is 24.3 Å². The molecule has 16 heavy (non-hydrogen) atoms. The molecule has 1 aliphatic rings. The predicted molar refractivity (Wildman–Crippen MR) is 70.6 cm³/mol. The molecule has 0 N–H and O–H groups in total. The summed E-state index contributed by atoms with van der Waals surface area (Å²) < 4.78 is 5.47. The number of rotatable bonds is 9. The van der Waals surface area contributed by atoms with E-state index in [9.17, 15) is 0 Å². The van der Waals surface area contributed by atoms with E-state index in [1.165, 1.54) is 25.7 Å². The molecule has 0 radical (unpaired) electrons. The van der Waals surface area contributed by atoms with Crippen molar-refractivity contribution >= 4 is 0 Å². The van der Waals surface area contributed by atoms with Crippen molar-refractivity contribution in [1.29, 1.82) is 0 Å². The molecule has 0 aliphatic carbocycles. The lowest BCUT2D eigenvalue weighted by molar-refractivity contribution is 0.367. The Labute approximate surface area is 101 Å². The summed E-state index contributed by atoms with van der Waals surface area (Å²) in [4.78, 5) is 0. The van der Waals surface area contributed by atoms with Crippen LogP contribution < -0.4 is 0 Å². The summed E-state index contributed by atoms with van der Waals surface area (Å²) in [7, 11) is 0. The average Bonchev–Trinajstić information content (AvgIpc) is 3.05. The Morgan fingerprint density at radius 1 is 0.938 bits per heavy atom. The van der Waals surface area contributed by atoms with Crippen LogP contribution in [0.25, 0.3) is 0 Å². The zero-order chi connectivity index (χ0) is 11.6. The Hall–Kier alpha value is -0.560. The van der Waals surface area contributed by atoms with Crippen LogP contribution in [0.5, 0.6) is 0 Å². The van der Waals surface area contributed by atoms with E-state index in [0.717, 1.165) is 19.3 Å². The van der Waals surface area contributed by atoms with Crippen LogP contribution in [-0.4, -0.2) is 12.2 Å². The maximum Gasteiger partial charge on any atom is 0.0876 e. The topological polar surface area (TPSA) is 12.5 Å². The van der Waals surface area contributed by atoms with Gasteiger partial charge in [0.1, 0.15) is 0 Å². The average molecular weight is 222 g/mol. The molecule has 1 nitrogen and oxygen atoms in total. The van der Waals surface area contributed by atoms with Gasteiger partial charge in [0.15, 0.2) is 0 Å². The molecule has 1 heteroatoms. The van der Waals surface area contributed by atoms with Crippen molar-refractivity contribution in [2.24, 2.45) is 0 Å². The molecule has 1 heterocycles. The first kappa shape index (κ1) is 13.5. The lowest BCUT2D eigenvalue weighted by Crippen LogP contribution is -1.88. The van der Waals surface area contributed by atoms with Crippen LogP contribution in [0.2, 0.25) is 0 Å². The third-order valence-corrected chi connectivity index (χ3v) is 3.04. The molecule has 0 aromatic heterocycles. The molecule has 0 amide bonds. The zero-order valence-corrected chi connectivity index (χ0v) is 10.8. The zero-order valence-electron chi connectivity index (χ0n) is 10.8. The smallest absolute Gasteiger partial charge is 0.0876 e. The number of allylic oxidation sites excluding steroid dienone is 3. The highest BCUT2D eigenvalue weighted by atomic mass is 16.6. The first-order valence-corrected chi connectivity index (χ1v) is 6.84. The Balaban J connectivity index is 1.88. The molecule has 1 rings (SSSR count). The monoisotopic (exact) mass is 222 g/mol. The summed E-state index contributed by atoms with van der Waals surface area (Å²) >= 11 is 0. The van der Waals surface area contributed by atoms with Crippen molar-refractivity contribution in [2.75, 3.05) is 0 Å². The number of ether oxygens (including phenoxy) is 1. The third-order valence-electron chi connectivity index (χ3n) is 3.04. The standard InChI is InChI=1S/C15H26O/c1-3-5-6-7-8-9-10-11-12-13-15-14(4-2)16-15/h8-9,11-12,14-15H,3-7,10,13H2,1-2H3/b9-8-,12-11-/t14-,15+/m0/s1. The fraction of sp³-hybridized carbons (Fsp3) is 0.733. The van der Waals surface area contributed by atoms with Crippen molar-refractivity contribution in [2.45, 2.75) is 71.0 Å². The summed E-state index contributed by atoms with van der Waals surface area (Å²) in [6.07, 6.45) is 18.8. The highest BCUT2D eigenvalue weighted by molar-refractivity contribution is 4.97.